The number of carbonyl (C=O) groups is 2. The van der Waals surface area contributed by atoms with E-state index in [-0.39, 0.29) is 18.0 Å². The first kappa shape index (κ1) is 13.4. The summed E-state index contributed by atoms with van der Waals surface area (Å²) in [6, 6.07) is 0. The summed E-state index contributed by atoms with van der Waals surface area (Å²) in [5.41, 5.74) is 5.42. The molecular formula is C10H16N2O3. The van der Waals surface area contributed by atoms with Gasteiger partial charge in [-0.2, -0.15) is 0 Å². The Hall–Kier alpha value is -1.65. The molecule has 0 amide bonds. The van der Waals surface area contributed by atoms with Crippen LogP contribution in [0.25, 0.3) is 0 Å². The Balaban J connectivity index is 4.11. The molecule has 0 heterocycles. The summed E-state index contributed by atoms with van der Waals surface area (Å²) in [5, 5.41) is 0. The van der Waals surface area contributed by atoms with E-state index in [0.29, 0.717) is 13.0 Å². The van der Waals surface area contributed by atoms with Gasteiger partial charge in [0, 0.05) is 25.4 Å². The van der Waals surface area contributed by atoms with E-state index in [9.17, 15) is 9.59 Å². The predicted octanol–water partition coefficient (Wildman–Crippen LogP) is 0.442. The van der Waals surface area contributed by atoms with Crippen LogP contribution in [0.3, 0.4) is 0 Å². The van der Waals surface area contributed by atoms with Gasteiger partial charge in [0.15, 0.2) is 0 Å². The summed E-state index contributed by atoms with van der Waals surface area (Å²) in [7, 11) is 0. The Labute approximate surface area is 89.0 Å². The van der Waals surface area contributed by atoms with Gasteiger partial charge in [0.05, 0.1) is 12.2 Å². The van der Waals surface area contributed by atoms with Crippen molar-refractivity contribution in [1.29, 1.82) is 0 Å². The maximum Gasteiger partial charge on any atom is 0.341 e. The molecule has 0 bridgehead atoms. The third kappa shape index (κ3) is 6.42. The summed E-state index contributed by atoms with van der Waals surface area (Å²) in [4.78, 5) is 25.7. The third-order valence-corrected chi connectivity index (χ3v) is 1.51. The summed E-state index contributed by atoms with van der Waals surface area (Å²) in [6.07, 6.45) is 2.81. The second-order valence-corrected chi connectivity index (χ2v) is 2.83. The van der Waals surface area contributed by atoms with Gasteiger partial charge in [0.1, 0.15) is 5.78 Å². The van der Waals surface area contributed by atoms with Crippen molar-refractivity contribution in [2.45, 2.75) is 20.3 Å². The molecule has 0 aliphatic carbocycles. The number of ether oxygens (including phenoxy) is 1. The summed E-state index contributed by atoms with van der Waals surface area (Å²) >= 11 is 0. The summed E-state index contributed by atoms with van der Waals surface area (Å²) < 4.78 is 4.73. The van der Waals surface area contributed by atoms with Gasteiger partial charge in [-0.3, -0.25) is 9.79 Å². The van der Waals surface area contributed by atoms with Crippen molar-refractivity contribution < 1.29 is 14.3 Å². The van der Waals surface area contributed by atoms with Gasteiger partial charge in [0.2, 0.25) is 0 Å². The highest BCUT2D eigenvalue weighted by Gasteiger charge is 2.06. The minimum absolute atomic E-state index is 0.0570. The van der Waals surface area contributed by atoms with Crippen LogP contribution in [-0.4, -0.2) is 31.1 Å². The lowest BCUT2D eigenvalue weighted by Gasteiger charge is -2.00. The zero-order valence-electron chi connectivity index (χ0n) is 9.03. The first-order valence-electron chi connectivity index (χ1n) is 4.70. The maximum atomic E-state index is 11.2. The molecule has 5 heteroatoms. The fourth-order valence-electron chi connectivity index (χ4n) is 0.763. The van der Waals surface area contributed by atoms with Crippen LogP contribution in [0.5, 0.6) is 0 Å². The number of carbonyl (C=O) groups excluding carboxylic acids is 2. The molecule has 0 radical (unpaired) electrons. The van der Waals surface area contributed by atoms with E-state index in [1.807, 2.05) is 0 Å². The largest absolute Gasteiger partial charge is 0.462 e. The first-order chi connectivity index (χ1) is 7.11. The smallest absolute Gasteiger partial charge is 0.341 e. The number of aliphatic imine (C=N–C) groups is 1. The van der Waals surface area contributed by atoms with Gasteiger partial charge in [-0.25, -0.2) is 4.79 Å². The van der Waals surface area contributed by atoms with Gasteiger partial charge >= 0.3 is 5.97 Å². The van der Waals surface area contributed by atoms with Gasteiger partial charge in [0.25, 0.3) is 0 Å². The predicted molar refractivity (Wildman–Crippen MR) is 57.6 cm³/mol. The molecule has 0 aromatic carbocycles. The Kier molecular flexibility index (Phi) is 6.88. The molecule has 0 aromatic heterocycles. The Morgan fingerprint density at radius 1 is 1.47 bits per heavy atom. The zero-order chi connectivity index (χ0) is 11.7. The molecular weight excluding hydrogens is 196 g/mol. The Bertz CT molecular complexity index is 282. The topological polar surface area (TPSA) is 81.8 Å². The number of rotatable bonds is 6. The average Bonchev–Trinajstić information content (AvgIpc) is 2.17. The van der Waals surface area contributed by atoms with Crippen LogP contribution in [0.15, 0.2) is 16.8 Å². The fourth-order valence-corrected chi connectivity index (χ4v) is 0.763. The number of esters is 1. The summed E-state index contributed by atoms with van der Waals surface area (Å²) in [5.74, 6) is -0.451. The van der Waals surface area contributed by atoms with Gasteiger partial charge in [-0.1, -0.05) is 0 Å². The molecule has 0 aliphatic rings. The van der Waals surface area contributed by atoms with Crippen LogP contribution in [0, 0.1) is 0 Å². The SMILES string of the molecule is CCOC(=O)C(C=NCCC(C)=O)=CN. The standard InChI is InChI=1S/C10H16N2O3/c1-3-15-10(14)9(6-11)7-12-5-4-8(2)13/h6-7H,3-5,11H2,1-2H3. The van der Waals surface area contributed by atoms with Crippen LogP contribution in [0.1, 0.15) is 20.3 Å². The van der Waals surface area contributed by atoms with E-state index in [1.165, 1.54) is 13.1 Å². The molecule has 0 atom stereocenters. The quantitative estimate of drug-likeness (QED) is 0.393. The zero-order valence-corrected chi connectivity index (χ0v) is 9.03. The maximum absolute atomic E-state index is 11.2. The number of hydrogen-bond acceptors (Lipinski definition) is 5. The van der Waals surface area contributed by atoms with Gasteiger partial charge in [-0.15, -0.1) is 0 Å². The minimum Gasteiger partial charge on any atom is -0.462 e. The van der Waals surface area contributed by atoms with Crippen LogP contribution in [-0.2, 0) is 14.3 Å². The molecule has 84 valence electrons. The molecule has 0 fully saturated rings. The number of hydrogen-bond donors (Lipinski definition) is 1. The highest BCUT2D eigenvalue weighted by Crippen LogP contribution is 1.93. The van der Waals surface area contributed by atoms with Gasteiger partial charge in [-0.05, 0) is 13.8 Å². The van der Waals surface area contributed by atoms with Crippen LogP contribution in [0.4, 0.5) is 0 Å². The second-order valence-electron chi connectivity index (χ2n) is 2.83. The fraction of sp³-hybridized carbons (Fsp3) is 0.500. The molecule has 0 saturated carbocycles. The highest BCUT2D eigenvalue weighted by molar-refractivity contribution is 6.09. The lowest BCUT2D eigenvalue weighted by molar-refractivity contribution is -0.137. The second kappa shape index (κ2) is 7.73. The molecule has 0 aromatic rings. The van der Waals surface area contributed by atoms with E-state index < -0.39 is 5.97 Å². The molecule has 15 heavy (non-hydrogen) atoms. The number of Topliss-reactive ketones (excluding diaryl/α,β-unsaturated/α-hetero) is 1. The number of ketones is 1. The van der Waals surface area contributed by atoms with Crippen LogP contribution >= 0.6 is 0 Å². The Morgan fingerprint density at radius 3 is 2.60 bits per heavy atom. The van der Waals surface area contributed by atoms with Crippen molar-refractivity contribution in [1.82, 2.24) is 0 Å². The average molecular weight is 212 g/mol. The first-order valence-corrected chi connectivity index (χ1v) is 4.70. The molecule has 0 spiro atoms. The highest BCUT2D eigenvalue weighted by atomic mass is 16.5. The van der Waals surface area contributed by atoms with E-state index in [4.69, 9.17) is 10.5 Å². The molecule has 0 unspecified atom stereocenters. The summed E-state index contributed by atoms with van der Waals surface area (Å²) in [6.45, 7) is 3.84. The molecule has 0 aliphatic heterocycles. The Morgan fingerprint density at radius 2 is 2.13 bits per heavy atom. The van der Waals surface area contributed by atoms with Crippen molar-refractivity contribution in [3.8, 4) is 0 Å². The van der Waals surface area contributed by atoms with Crippen molar-refractivity contribution in [3.63, 3.8) is 0 Å². The number of nitrogens with two attached hydrogens (primary N) is 1. The van der Waals surface area contributed by atoms with Crippen molar-refractivity contribution in [3.05, 3.63) is 11.8 Å². The van der Waals surface area contributed by atoms with E-state index in [2.05, 4.69) is 4.99 Å². The van der Waals surface area contributed by atoms with E-state index >= 15 is 0 Å². The number of nitrogens with zero attached hydrogens (tertiary/aromatic N) is 1. The van der Waals surface area contributed by atoms with Gasteiger partial charge < -0.3 is 10.5 Å². The lowest BCUT2D eigenvalue weighted by Crippen LogP contribution is -2.10. The minimum atomic E-state index is -0.508. The normalized spacial score (nSPS) is 11.7. The monoisotopic (exact) mass is 212 g/mol. The lowest BCUT2D eigenvalue weighted by atomic mass is 10.3. The van der Waals surface area contributed by atoms with Crippen molar-refractivity contribution >= 4 is 18.0 Å². The molecule has 0 saturated heterocycles. The van der Waals surface area contributed by atoms with E-state index in [0.717, 1.165) is 6.20 Å². The third-order valence-electron chi connectivity index (χ3n) is 1.51. The van der Waals surface area contributed by atoms with Crippen molar-refractivity contribution in [2.75, 3.05) is 13.2 Å². The molecule has 0 rings (SSSR count). The van der Waals surface area contributed by atoms with Crippen molar-refractivity contribution in [2.24, 2.45) is 10.7 Å². The van der Waals surface area contributed by atoms with Crippen LogP contribution in [0.2, 0.25) is 0 Å². The van der Waals surface area contributed by atoms with Crippen LogP contribution < -0.4 is 5.73 Å². The molecule has 2 N–H and O–H groups in total. The van der Waals surface area contributed by atoms with E-state index in [1.54, 1.807) is 6.92 Å². The molecule has 5 nitrogen and oxygen atoms in total.